The molecule has 0 amide bonds. The van der Waals surface area contributed by atoms with Gasteiger partial charge in [-0.25, -0.2) is 0 Å². The Morgan fingerprint density at radius 3 is 2.42 bits per heavy atom. The van der Waals surface area contributed by atoms with E-state index in [-0.39, 0.29) is 18.3 Å². The van der Waals surface area contributed by atoms with Gasteiger partial charge in [-0.2, -0.15) is 5.10 Å². The third-order valence-corrected chi connectivity index (χ3v) is 5.85. The van der Waals surface area contributed by atoms with Crippen LogP contribution in [-0.2, 0) is 20.6 Å². The quantitative estimate of drug-likeness (QED) is 0.779. The molecular weight excluding hydrogens is 329 g/mol. The molecule has 0 atom stereocenters. The Morgan fingerprint density at radius 1 is 1.04 bits per heavy atom. The number of aromatic nitrogens is 2. The third-order valence-electron chi connectivity index (χ3n) is 5.85. The van der Waals surface area contributed by atoms with Crippen molar-refractivity contribution in [3.63, 3.8) is 0 Å². The first-order valence-corrected chi connectivity index (χ1v) is 9.47. The Morgan fingerprint density at radius 2 is 1.73 bits per heavy atom. The van der Waals surface area contributed by atoms with E-state index in [9.17, 15) is 0 Å². The van der Waals surface area contributed by atoms with Gasteiger partial charge in [-0.15, -0.1) is 0 Å². The second-order valence-electron chi connectivity index (χ2n) is 8.25. The number of rotatable bonds is 4. The molecule has 0 radical (unpaired) electrons. The van der Waals surface area contributed by atoms with Crippen molar-refractivity contribution in [1.29, 1.82) is 0 Å². The van der Waals surface area contributed by atoms with Gasteiger partial charge < -0.3 is 14.0 Å². The van der Waals surface area contributed by atoms with Crippen molar-refractivity contribution in [2.75, 3.05) is 32.8 Å². The fourth-order valence-electron chi connectivity index (χ4n) is 3.40. The summed E-state index contributed by atoms with van der Waals surface area (Å²) in [4.78, 5) is 2.42. The van der Waals surface area contributed by atoms with Crippen molar-refractivity contribution in [2.24, 2.45) is 0 Å². The lowest BCUT2D eigenvalue weighted by atomic mass is 9.79. The summed E-state index contributed by atoms with van der Waals surface area (Å²) >= 11 is 0. The maximum absolute atomic E-state index is 6.16. The van der Waals surface area contributed by atoms with E-state index in [0.717, 1.165) is 55.8 Å². The molecule has 0 saturated carbocycles. The smallest absolute Gasteiger partial charge is 0.399 e. The monoisotopic (exact) mass is 357 g/mol. The molecule has 1 aromatic heterocycles. The largest absolute Gasteiger partial charge is 0.494 e. The summed E-state index contributed by atoms with van der Waals surface area (Å²) in [5.74, 6) is 0. The van der Waals surface area contributed by atoms with Crippen LogP contribution in [0.5, 0.6) is 0 Å². The van der Waals surface area contributed by atoms with Gasteiger partial charge in [-0.3, -0.25) is 9.58 Å². The summed E-state index contributed by atoms with van der Waals surface area (Å²) in [6, 6.07) is 6.25. The summed E-state index contributed by atoms with van der Waals surface area (Å²) in [6.07, 6.45) is 2.12. The van der Waals surface area contributed by atoms with Gasteiger partial charge in [0.25, 0.3) is 0 Å². The van der Waals surface area contributed by atoms with E-state index >= 15 is 0 Å². The molecule has 0 aliphatic carbocycles. The van der Waals surface area contributed by atoms with Crippen LogP contribution >= 0.6 is 0 Å². The van der Waals surface area contributed by atoms with E-state index < -0.39 is 0 Å². The fraction of sp³-hybridized carbons (Fsp3) is 0.632. The molecule has 2 saturated heterocycles. The summed E-state index contributed by atoms with van der Waals surface area (Å²) in [6.45, 7) is 13.9. The van der Waals surface area contributed by atoms with Crippen LogP contribution in [0, 0.1) is 0 Å². The molecule has 1 aromatic carbocycles. The maximum Gasteiger partial charge on any atom is 0.494 e. The average Bonchev–Trinajstić information content (AvgIpc) is 3.10. The molecular formula is C19H28BN3O3. The zero-order valence-electron chi connectivity index (χ0n) is 16.2. The van der Waals surface area contributed by atoms with Gasteiger partial charge in [0, 0.05) is 31.2 Å². The van der Waals surface area contributed by atoms with E-state index in [4.69, 9.17) is 19.1 Å². The summed E-state index contributed by atoms with van der Waals surface area (Å²) in [7, 11) is -0.332. The fourth-order valence-corrected chi connectivity index (χ4v) is 3.40. The van der Waals surface area contributed by atoms with E-state index in [2.05, 4.69) is 57.0 Å². The van der Waals surface area contributed by atoms with Crippen molar-refractivity contribution in [3.05, 3.63) is 24.4 Å². The van der Waals surface area contributed by atoms with Crippen LogP contribution < -0.4 is 5.46 Å². The molecule has 2 aliphatic rings. The topological polar surface area (TPSA) is 48.8 Å². The Labute approximate surface area is 155 Å². The number of benzene rings is 1. The highest BCUT2D eigenvalue weighted by atomic mass is 16.7. The lowest BCUT2D eigenvalue weighted by molar-refractivity contribution is 0.00578. The molecule has 26 heavy (non-hydrogen) atoms. The molecule has 0 bridgehead atoms. The van der Waals surface area contributed by atoms with Gasteiger partial charge in [0.2, 0.25) is 0 Å². The third kappa shape index (κ3) is 3.41. The van der Waals surface area contributed by atoms with Crippen LogP contribution in [0.1, 0.15) is 27.7 Å². The van der Waals surface area contributed by atoms with E-state index in [1.165, 1.54) is 0 Å². The first-order chi connectivity index (χ1) is 12.3. The Kier molecular flexibility index (Phi) is 4.59. The first-order valence-electron chi connectivity index (χ1n) is 9.47. The second kappa shape index (κ2) is 6.64. The van der Waals surface area contributed by atoms with Gasteiger partial charge in [0.1, 0.15) is 0 Å². The van der Waals surface area contributed by atoms with Crippen LogP contribution in [0.25, 0.3) is 10.9 Å². The summed E-state index contributed by atoms with van der Waals surface area (Å²) in [5, 5.41) is 5.82. The maximum atomic E-state index is 6.16. The Bertz CT molecular complexity index is 767. The average molecular weight is 357 g/mol. The Hall–Kier alpha value is -1.41. The van der Waals surface area contributed by atoms with E-state index in [1.54, 1.807) is 0 Å². The molecule has 2 aliphatic heterocycles. The SMILES string of the molecule is CC1(C)OB(c2ccc3nn(CCN4CCOCC4)cc3c2)OC1(C)C. The highest BCUT2D eigenvalue weighted by Crippen LogP contribution is 2.36. The molecule has 7 heteroatoms. The van der Waals surface area contributed by atoms with Crippen molar-refractivity contribution in [2.45, 2.75) is 45.4 Å². The normalized spacial score (nSPS) is 23.0. The highest BCUT2D eigenvalue weighted by Gasteiger charge is 2.51. The minimum Gasteiger partial charge on any atom is -0.399 e. The van der Waals surface area contributed by atoms with Crippen LogP contribution in [0.4, 0.5) is 0 Å². The van der Waals surface area contributed by atoms with Gasteiger partial charge in [-0.1, -0.05) is 12.1 Å². The first kappa shape index (κ1) is 18.0. The number of morpholine rings is 1. The van der Waals surface area contributed by atoms with Gasteiger partial charge in [0.15, 0.2) is 0 Å². The van der Waals surface area contributed by atoms with E-state index in [0.29, 0.717) is 0 Å². The van der Waals surface area contributed by atoms with Crippen LogP contribution in [0.3, 0.4) is 0 Å². The molecule has 0 unspecified atom stereocenters. The van der Waals surface area contributed by atoms with Crippen LogP contribution in [0.15, 0.2) is 24.4 Å². The minimum absolute atomic E-state index is 0.324. The number of ether oxygens (including phenoxy) is 1. The van der Waals surface area contributed by atoms with Crippen LogP contribution in [0.2, 0.25) is 0 Å². The molecule has 0 N–H and O–H groups in total. The molecule has 140 valence electrons. The van der Waals surface area contributed by atoms with Crippen molar-refractivity contribution < 1.29 is 14.0 Å². The van der Waals surface area contributed by atoms with Gasteiger partial charge in [-0.05, 0) is 39.2 Å². The van der Waals surface area contributed by atoms with Crippen molar-refractivity contribution in [1.82, 2.24) is 14.7 Å². The molecule has 4 rings (SSSR count). The molecule has 2 aromatic rings. The van der Waals surface area contributed by atoms with Gasteiger partial charge >= 0.3 is 7.12 Å². The predicted octanol–water partition coefficient (Wildman–Crippen LogP) is 1.67. The minimum atomic E-state index is -0.332. The lowest BCUT2D eigenvalue weighted by Gasteiger charge is -2.32. The number of fused-ring (bicyclic) bond motifs is 1. The number of hydrogen-bond donors (Lipinski definition) is 0. The Balaban J connectivity index is 1.47. The second-order valence-corrected chi connectivity index (χ2v) is 8.25. The lowest BCUT2D eigenvalue weighted by Crippen LogP contribution is -2.41. The molecule has 3 heterocycles. The van der Waals surface area contributed by atoms with Crippen molar-refractivity contribution in [3.8, 4) is 0 Å². The van der Waals surface area contributed by atoms with Crippen molar-refractivity contribution >= 4 is 23.5 Å². The standard InChI is InChI=1S/C19H28BN3O3/c1-18(2)19(3,4)26-20(25-18)16-5-6-17-15(13-16)14-23(21-17)8-7-22-9-11-24-12-10-22/h5-6,13-14H,7-12H2,1-4H3. The summed E-state index contributed by atoms with van der Waals surface area (Å²) in [5.41, 5.74) is 1.40. The van der Waals surface area contributed by atoms with Crippen LogP contribution in [-0.4, -0.2) is 65.8 Å². The molecule has 2 fully saturated rings. The number of hydrogen-bond acceptors (Lipinski definition) is 5. The predicted molar refractivity (Wildman–Crippen MR) is 103 cm³/mol. The zero-order valence-corrected chi connectivity index (χ0v) is 16.2. The molecule has 0 spiro atoms. The number of nitrogens with zero attached hydrogens (tertiary/aromatic N) is 3. The van der Waals surface area contributed by atoms with E-state index in [1.807, 2.05) is 4.68 Å². The zero-order chi connectivity index (χ0) is 18.4. The highest BCUT2D eigenvalue weighted by molar-refractivity contribution is 6.62. The van der Waals surface area contributed by atoms with Gasteiger partial charge in [0.05, 0.1) is 36.5 Å². The summed E-state index contributed by atoms with van der Waals surface area (Å²) < 4.78 is 19.8. The molecule has 6 nitrogen and oxygen atoms in total.